The zero-order chi connectivity index (χ0) is 12.1. The van der Waals surface area contributed by atoms with Crippen LogP contribution in [0.15, 0.2) is 0 Å². The zero-order valence-electron chi connectivity index (χ0n) is 6.45. The molecule has 1 aliphatic heterocycles. The summed E-state index contributed by atoms with van der Waals surface area (Å²) in [5.41, 5.74) is 0. The van der Waals surface area contributed by atoms with Gasteiger partial charge in [0, 0.05) is 0 Å². The number of carbonyl (C=O) groups excluding carboxylic acids is 1. The van der Waals surface area contributed by atoms with Gasteiger partial charge in [-0.15, -0.1) is 0 Å². The van der Waals surface area contributed by atoms with Crippen LogP contribution in [0, 0.1) is 0 Å². The Labute approximate surface area is 76.7 Å². The molecule has 1 unspecified atom stereocenters. The van der Waals surface area contributed by atoms with Gasteiger partial charge in [0.05, 0.1) is 0 Å². The summed E-state index contributed by atoms with van der Waals surface area (Å²) >= 11 is 0. The number of hydrogen-bond acceptors (Lipinski definition) is 3. The fourth-order valence-electron chi connectivity index (χ4n) is 0.768. The van der Waals surface area contributed by atoms with Gasteiger partial charge in [-0.3, -0.25) is 0 Å². The summed E-state index contributed by atoms with van der Waals surface area (Å²) in [7, 11) is 0. The summed E-state index contributed by atoms with van der Waals surface area (Å²) in [4.78, 5) is 10.0. The van der Waals surface area contributed by atoms with E-state index in [0.717, 1.165) is 0 Å². The number of rotatable bonds is 2. The molecule has 1 saturated heterocycles. The monoisotopic (exact) mass is 242 g/mol. The molecule has 0 aromatic heterocycles. The van der Waals surface area contributed by atoms with Gasteiger partial charge in [0.2, 0.25) is 0 Å². The van der Waals surface area contributed by atoms with Gasteiger partial charge in [0.15, 0.2) is 0 Å². The second-order valence-electron chi connectivity index (χ2n) is 2.49. The molecule has 10 heteroatoms. The van der Waals surface area contributed by atoms with Crippen molar-refractivity contribution in [3.8, 4) is 0 Å². The van der Waals surface area contributed by atoms with Crippen molar-refractivity contribution in [2.45, 2.75) is 24.3 Å². The standard InChI is InChI=1S/C5HF7O3/c6-1(7)3(8,9)4(10)5(11,12)15-2(13)14-4/h1H. The van der Waals surface area contributed by atoms with Crippen LogP contribution in [0.2, 0.25) is 0 Å². The maximum Gasteiger partial charge on any atom is 0.516 e. The van der Waals surface area contributed by atoms with Crippen LogP contribution in [-0.4, -0.2) is 30.5 Å². The van der Waals surface area contributed by atoms with E-state index in [1.54, 1.807) is 0 Å². The second kappa shape index (κ2) is 2.89. The number of carbonyl (C=O) groups is 1. The summed E-state index contributed by atoms with van der Waals surface area (Å²) in [6.45, 7) is 0. The smallest absolute Gasteiger partial charge is 0.381 e. The quantitative estimate of drug-likeness (QED) is 0.550. The third kappa shape index (κ3) is 1.38. The molecule has 0 N–H and O–H groups in total. The van der Waals surface area contributed by atoms with E-state index in [4.69, 9.17) is 0 Å². The highest BCUT2D eigenvalue weighted by atomic mass is 19.3. The molecule has 0 spiro atoms. The third-order valence-electron chi connectivity index (χ3n) is 1.51. The highest BCUT2D eigenvalue weighted by Crippen LogP contribution is 2.52. The van der Waals surface area contributed by atoms with E-state index in [0.29, 0.717) is 0 Å². The van der Waals surface area contributed by atoms with Gasteiger partial charge in [0.25, 0.3) is 0 Å². The molecular weight excluding hydrogens is 241 g/mol. The molecule has 1 heterocycles. The van der Waals surface area contributed by atoms with E-state index in [-0.39, 0.29) is 0 Å². The first-order chi connectivity index (χ1) is 6.54. The normalized spacial score (nSPS) is 30.3. The number of cyclic esters (lactones) is 2. The molecule has 0 saturated carbocycles. The number of halogens is 7. The minimum Gasteiger partial charge on any atom is -0.381 e. The Morgan fingerprint density at radius 3 is 1.87 bits per heavy atom. The fraction of sp³-hybridized carbons (Fsp3) is 0.800. The topological polar surface area (TPSA) is 35.5 Å². The van der Waals surface area contributed by atoms with Crippen molar-refractivity contribution in [1.29, 1.82) is 0 Å². The lowest BCUT2D eigenvalue weighted by molar-refractivity contribution is -0.379. The Hall–Kier alpha value is -1.22. The van der Waals surface area contributed by atoms with Crippen molar-refractivity contribution in [3.05, 3.63) is 0 Å². The van der Waals surface area contributed by atoms with Crippen LogP contribution in [0.5, 0.6) is 0 Å². The van der Waals surface area contributed by atoms with E-state index < -0.39 is 30.5 Å². The highest BCUT2D eigenvalue weighted by Gasteiger charge is 2.83. The zero-order valence-corrected chi connectivity index (χ0v) is 6.45. The minimum atomic E-state index is -5.89. The molecule has 1 aliphatic rings. The van der Waals surface area contributed by atoms with E-state index >= 15 is 0 Å². The number of hydrogen-bond donors (Lipinski definition) is 0. The second-order valence-corrected chi connectivity index (χ2v) is 2.49. The van der Waals surface area contributed by atoms with Crippen LogP contribution in [0.25, 0.3) is 0 Å². The molecule has 1 rings (SSSR count). The summed E-state index contributed by atoms with van der Waals surface area (Å²) in [6, 6.07) is 0. The van der Waals surface area contributed by atoms with Gasteiger partial charge in [-0.2, -0.15) is 22.0 Å². The Kier molecular flexibility index (Phi) is 2.28. The SMILES string of the molecule is O=C1OC(F)(F)C(F)(C(F)(F)C(F)F)O1. The molecule has 88 valence electrons. The average molecular weight is 242 g/mol. The summed E-state index contributed by atoms with van der Waals surface area (Å²) in [5, 5.41) is 0. The minimum absolute atomic E-state index is 2.50. The van der Waals surface area contributed by atoms with Crippen LogP contribution in [-0.2, 0) is 9.47 Å². The van der Waals surface area contributed by atoms with E-state index in [9.17, 15) is 35.5 Å². The van der Waals surface area contributed by atoms with Crippen LogP contribution in [0.4, 0.5) is 35.5 Å². The molecule has 15 heavy (non-hydrogen) atoms. The van der Waals surface area contributed by atoms with E-state index in [1.165, 1.54) is 0 Å². The molecule has 3 nitrogen and oxygen atoms in total. The van der Waals surface area contributed by atoms with Crippen molar-refractivity contribution in [2.75, 3.05) is 0 Å². The first-order valence-electron chi connectivity index (χ1n) is 3.19. The Morgan fingerprint density at radius 2 is 1.60 bits per heavy atom. The molecule has 0 aromatic rings. The predicted molar refractivity (Wildman–Crippen MR) is 27.3 cm³/mol. The summed E-state index contributed by atoms with van der Waals surface area (Å²) < 4.78 is 90.9. The lowest BCUT2D eigenvalue weighted by atomic mass is 10.1. The molecule has 0 amide bonds. The van der Waals surface area contributed by atoms with Gasteiger partial charge in [-0.1, -0.05) is 0 Å². The maximum atomic E-state index is 12.8. The van der Waals surface area contributed by atoms with Crippen molar-refractivity contribution >= 4 is 6.16 Å². The lowest BCUT2D eigenvalue weighted by Gasteiger charge is -2.28. The van der Waals surface area contributed by atoms with Crippen LogP contribution in [0.1, 0.15) is 0 Å². The highest BCUT2D eigenvalue weighted by molar-refractivity contribution is 5.63. The molecule has 0 aromatic carbocycles. The average Bonchev–Trinajstić information content (AvgIpc) is 2.21. The summed E-state index contributed by atoms with van der Waals surface area (Å²) in [5.74, 6) is -11.4. The van der Waals surface area contributed by atoms with Crippen LogP contribution in [0.3, 0.4) is 0 Å². The van der Waals surface area contributed by atoms with Gasteiger partial charge in [-0.25, -0.2) is 13.6 Å². The van der Waals surface area contributed by atoms with Gasteiger partial charge >= 0.3 is 30.5 Å². The molecule has 1 fully saturated rings. The van der Waals surface area contributed by atoms with Gasteiger partial charge in [0.1, 0.15) is 0 Å². The first kappa shape index (κ1) is 11.9. The maximum absolute atomic E-state index is 12.8. The molecule has 0 aliphatic carbocycles. The Morgan fingerprint density at radius 1 is 1.13 bits per heavy atom. The van der Waals surface area contributed by atoms with Crippen LogP contribution < -0.4 is 0 Å². The van der Waals surface area contributed by atoms with Gasteiger partial charge < -0.3 is 9.47 Å². The molecule has 1 atom stereocenters. The van der Waals surface area contributed by atoms with Crippen molar-refractivity contribution in [1.82, 2.24) is 0 Å². The number of ether oxygens (including phenoxy) is 2. The first-order valence-corrected chi connectivity index (χ1v) is 3.19. The van der Waals surface area contributed by atoms with Crippen molar-refractivity contribution in [3.63, 3.8) is 0 Å². The van der Waals surface area contributed by atoms with Crippen molar-refractivity contribution in [2.24, 2.45) is 0 Å². The van der Waals surface area contributed by atoms with Crippen LogP contribution >= 0.6 is 0 Å². The molecular formula is C5HF7O3. The Bertz CT molecular complexity index is 290. The van der Waals surface area contributed by atoms with Crippen molar-refractivity contribution < 1.29 is 45.0 Å². The van der Waals surface area contributed by atoms with Gasteiger partial charge in [-0.05, 0) is 0 Å². The molecule has 0 bridgehead atoms. The third-order valence-corrected chi connectivity index (χ3v) is 1.51. The largest absolute Gasteiger partial charge is 0.516 e. The predicted octanol–water partition coefficient (Wildman–Crippen LogP) is 2.31. The Balaban J connectivity index is 3.16. The van der Waals surface area contributed by atoms with E-state index in [2.05, 4.69) is 9.47 Å². The molecule has 0 radical (unpaired) electrons. The lowest BCUT2D eigenvalue weighted by Crippen LogP contribution is -2.58. The fourth-order valence-corrected chi connectivity index (χ4v) is 0.768. The summed E-state index contributed by atoms with van der Waals surface area (Å²) in [6.07, 6.45) is -12.8. The number of alkyl halides is 7. The van der Waals surface area contributed by atoms with E-state index in [1.807, 2.05) is 0 Å².